The fraction of sp³-hybridized carbons (Fsp3) is 0.407. The molecule has 0 N–H and O–H groups in total. The van der Waals surface area contributed by atoms with Gasteiger partial charge in [-0.2, -0.15) is 0 Å². The summed E-state index contributed by atoms with van der Waals surface area (Å²) in [5, 5.41) is 0. The Bertz CT molecular complexity index is 1440. The molecule has 1 aliphatic carbocycles. The quantitative estimate of drug-likeness (QED) is 0.359. The summed E-state index contributed by atoms with van der Waals surface area (Å²) in [5.74, 6) is 0.916. The van der Waals surface area contributed by atoms with Crippen molar-refractivity contribution in [1.82, 2.24) is 19.4 Å². The number of carbonyl (C=O) groups is 1. The number of oxazole rings is 1. The van der Waals surface area contributed by atoms with Crippen LogP contribution in [0.15, 0.2) is 47.5 Å². The first-order valence-corrected chi connectivity index (χ1v) is 12.0. The Morgan fingerprint density at radius 2 is 2.06 bits per heavy atom. The van der Waals surface area contributed by atoms with Crippen molar-refractivity contribution >= 4 is 11.4 Å². The van der Waals surface area contributed by atoms with E-state index in [2.05, 4.69) is 23.1 Å². The Kier molecular flexibility index (Phi) is 4.86. The number of ether oxygens (including phenoxy) is 2. The molecular weight excluding hydrogens is 444 g/mol. The van der Waals surface area contributed by atoms with Gasteiger partial charge in [-0.15, -0.1) is 0 Å². The molecule has 6 heterocycles. The van der Waals surface area contributed by atoms with Gasteiger partial charge in [-0.1, -0.05) is 0 Å². The van der Waals surface area contributed by atoms with Crippen molar-refractivity contribution in [3.63, 3.8) is 0 Å². The van der Waals surface area contributed by atoms with E-state index in [1.807, 2.05) is 49.6 Å². The molecule has 180 valence electrons. The number of hydrogen-bond acceptors (Lipinski definition) is 7. The first kappa shape index (κ1) is 22.0. The first-order valence-electron chi connectivity index (χ1n) is 12.0. The largest absolute Gasteiger partial charge is 0.491 e. The fourth-order valence-electron chi connectivity index (χ4n) is 5.44. The highest BCUT2D eigenvalue weighted by molar-refractivity contribution is 5.96. The lowest BCUT2D eigenvalue weighted by atomic mass is 9.62. The second kappa shape index (κ2) is 7.75. The van der Waals surface area contributed by atoms with Crippen molar-refractivity contribution in [1.29, 1.82) is 0 Å². The average Bonchev–Trinajstić information content (AvgIpc) is 3.55. The predicted molar refractivity (Wildman–Crippen MR) is 129 cm³/mol. The molecule has 1 saturated carbocycles. The lowest BCUT2D eigenvalue weighted by molar-refractivity contribution is 0.0154. The lowest BCUT2D eigenvalue weighted by Crippen LogP contribution is -2.45. The van der Waals surface area contributed by atoms with Crippen molar-refractivity contribution in [2.45, 2.75) is 64.1 Å². The molecule has 0 amide bonds. The lowest BCUT2D eigenvalue weighted by Gasteiger charge is -2.41. The van der Waals surface area contributed by atoms with Crippen LogP contribution in [-0.4, -0.2) is 43.4 Å². The van der Waals surface area contributed by atoms with Gasteiger partial charge in [0.1, 0.15) is 23.4 Å². The summed E-state index contributed by atoms with van der Waals surface area (Å²) in [4.78, 5) is 26.7. The van der Waals surface area contributed by atoms with Crippen LogP contribution in [0.2, 0.25) is 0 Å². The van der Waals surface area contributed by atoms with Gasteiger partial charge < -0.3 is 18.3 Å². The van der Waals surface area contributed by atoms with Gasteiger partial charge in [-0.3, -0.25) is 9.78 Å². The highest BCUT2D eigenvalue weighted by Crippen LogP contribution is 2.58. The third-order valence-electron chi connectivity index (χ3n) is 6.94. The maximum atomic E-state index is 13.2. The zero-order chi connectivity index (χ0) is 24.4. The summed E-state index contributed by atoms with van der Waals surface area (Å²) in [6.07, 6.45) is 9.21. The van der Waals surface area contributed by atoms with E-state index in [1.54, 1.807) is 6.20 Å². The molecule has 8 nitrogen and oxygen atoms in total. The molecule has 0 spiro atoms. The number of rotatable bonds is 7. The number of fused-ring (bicyclic) bond motifs is 2. The zero-order valence-electron chi connectivity index (χ0n) is 20.4. The van der Waals surface area contributed by atoms with Crippen LogP contribution in [0.4, 0.5) is 0 Å². The number of aryl methyl sites for hydroxylation is 1. The van der Waals surface area contributed by atoms with E-state index >= 15 is 0 Å². The molecule has 0 unspecified atom stereocenters. The minimum atomic E-state index is -0.142. The van der Waals surface area contributed by atoms with Crippen molar-refractivity contribution in [3.05, 3.63) is 65.7 Å². The molecule has 4 aromatic rings. The summed E-state index contributed by atoms with van der Waals surface area (Å²) in [6, 6.07) is 5.61. The van der Waals surface area contributed by atoms with Gasteiger partial charge in [-0.05, 0) is 52.7 Å². The van der Waals surface area contributed by atoms with Crippen LogP contribution >= 0.6 is 0 Å². The molecule has 35 heavy (non-hydrogen) atoms. The molecule has 0 atom stereocenters. The number of pyridine rings is 2. The van der Waals surface area contributed by atoms with Crippen molar-refractivity contribution in [3.8, 4) is 17.2 Å². The maximum Gasteiger partial charge on any atom is 0.226 e. The van der Waals surface area contributed by atoms with Crippen LogP contribution in [0, 0.1) is 6.92 Å². The van der Waals surface area contributed by atoms with Crippen LogP contribution in [0.1, 0.15) is 61.1 Å². The summed E-state index contributed by atoms with van der Waals surface area (Å²) in [6.45, 7) is 8.71. The second-order valence-corrected chi connectivity index (χ2v) is 10.4. The topological polar surface area (TPSA) is 91.8 Å². The molecule has 8 heteroatoms. The van der Waals surface area contributed by atoms with E-state index in [0.717, 1.165) is 41.0 Å². The van der Waals surface area contributed by atoms with Gasteiger partial charge in [-0.25, -0.2) is 9.97 Å². The minimum absolute atomic E-state index is 0.00174. The Morgan fingerprint density at radius 3 is 2.77 bits per heavy atom. The Balaban J connectivity index is 1.30. The number of hydrogen-bond donors (Lipinski definition) is 0. The number of nitrogens with zero attached hydrogens (tertiary/aromatic N) is 4. The third-order valence-corrected chi connectivity index (χ3v) is 6.94. The highest BCUT2D eigenvalue weighted by atomic mass is 16.5. The normalized spacial score (nSPS) is 23.1. The van der Waals surface area contributed by atoms with Crippen LogP contribution in [-0.2, 0) is 16.6 Å². The minimum Gasteiger partial charge on any atom is -0.491 e. The molecule has 2 saturated heterocycles. The Labute approximate surface area is 203 Å². The van der Waals surface area contributed by atoms with E-state index in [0.29, 0.717) is 18.2 Å². The van der Waals surface area contributed by atoms with E-state index in [-0.39, 0.29) is 35.0 Å². The van der Waals surface area contributed by atoms with E-state index in [9.17, 15) is 4.79 Å². The van der Waals surface area contributed by atoms with Gasteiger partial charge in [0.15, 0.2) is 5.78 Å². The smallest absolute Gasteiger partial charge is 0.226 e. The summed E-state index contributed by atoms with van der Waals surface area (Å²) in [5.41, 5.74) is 4.54. The van der Waals surface area contributed by atoms with Crippen molar-refractivity contribution < 1.29 is 18.7 Å². The molecule has 0 radical (unpaired) electrons. The summed E-state index contributed by atoms with van der Waals surface area (Å²) < 4.78 is 19.6. The number of aromatic nitrogens is 4. The van der Waals surface area contributed by atoms with Crippen molar-refractivity contribution in [2.24, 2.45) is 0 Å². The molecular formula is C27H28N4O4. The van der Waals surface area contributed by atoms with Gasteiger partial charge in [0.2, 0.25) is 5.89 Å². The number of imidazole rings is 1. The van der Waals surface area contributed by atoms with Crippen LogP contribution in [0.5, 0.6) is 5.75 Å². The van der Waals surface area contributed by atoms with Crippen LogP contribution < -0.4 is 4.74 Å². The molecule has 3 fully saturated rings. The predicted octanol–water partition coefficient (Wildman–Crippen LogP) is 4.73. The van der Waals surface area contributed by atoms with Gasteiger partial charge >= 0.3 is 0 Å². The second-order valence-electron chi connectivity index (χ2n) is 10.4. The Morgan fingerprint density at radius 1 is 1.23 bits per heavy atom. The standard InChI is InChI=1S/C27H28N4O4/c1-16(2)35-22-9-24-30-23(27-13-26(4,14-27)34-15-27)11-31(24)10-19(22)8-21(32)20-12-33-25(29-20)18-5-6-28-17(3)7-18/h5-7,9-12,16H,8,13-15H2,1-4H3. The SMILES string of the molecule is Cc1cc(-c2nc(C(=O)Cc3cn4cc(C56COC(C)(C5)C6)nc4cc3OC(C)C)co2)ccn1. The Hall–Kier alpha value is -3.52. The molecule has 7 rings (SSSR count). The average molecular weight is 473 g/mol. The molecule has 3 aliphatic rings. The fourth-order valence-corrected chi connectivity index (χ4v) is 5.44. The van der Waals surface area contributed by atoms with Gasteiger partial charge in [0, 0.05) is 53.3 Å². The molecule has 4 aromatic heterocycles. The summed E-state index contributed by atoms with van der Waals surface area (Å²) in [7, 11) is 0. The number of ketones is 1. The number of carbonyl (C=O) groups excluding carboxylic acids is 1. The third kappa shape index (κ3) is 3.82. The van der Waals surface area contributed by atoms with Crippen LogP contribution in [0.25, 0.3) is 17.1 Å². The van der Waals surface area contributed by atoms with Crippen LogP contribution in [0.3, 0.4) is 0 Å². The van der Waals surface area contributed by atoms with Gasteiger partial charge in [0.05, 0.1) is 24.0 Å². The van der Waals surface area contributed by atoms with Gasteiger partial charge in [0.25, 0.3) is 0 Å². The molecule has 2 aliphatic heterocycles. The van der Waals surface area contributed by atoms with E-state index < -0.39 is 0 Å². The molecule has 2 bridgehead atoms. The van der Waals surface area contributed by atoms with E-state index in [4.69, 9.17) is 18.9 Å². The van der Waals surface area contributed by atoms with Crippen molar-refractivity contribution in [2.75, 3.05) is 6.61 Å². The highest BCUT2D eigenvalue weighted by Gasteiger charge is 2.61. The first-order chi connectivity index (χ1) is 16.7. The monoisotopic (exact) mass is 472 g/mol. The number of Topliss-reactive ketones (excluding diaryl/α,β-unsaturated/α-hetero) is 1. The zero-order valence-corrected chi connectivity index (χ0v) is 20.4. The van der Waals surface area contributed by atoms with E-state index in [1.165, 1.54) is 6.26 Å². The molecule has 0 aromatic carbocycles. The summed E-state index contributed by atoms with van der Waals surface area (Å²) >= 11 is 0. The maximum absolute atomic E-state index is 13.2.